The van der Waals surface area contributed by atoms with E-state index in [1.54, 1.807) is 0 Å². The minimum Gasteiger partial charge on any atom is -0.375 e. The van der Waals surface area contributed by atoms with Crippen LogP contribution in [0.2, 0.25) is 0 Å². The molecule has 4 heteroatoms. The lowest BCUT2D eigenvalue weighted by Gasteiger charge is -2.28. The summed E-state index contributed by atoms with van der Waals surface area (Å²) < 4.78 is 5.78. The van der Waals surface area contributed by atoms with Crippen LogP contribution in [0.1, 0.15) is 11.6 Å². The highest BCUT2D eigenvalue weighted by atomic mass is 32.2. The molecular weight excluding hydrogens is 244 g/mol. The van der Waals surface area contributed by atoms with Crippen molar-refractivity contribution in [2.75, 3.05) is 18.1 Å². The first-order chi connectivity index (χ1) is 8.86. The number of aromatic nitrogens is 1. The zero-order valence-electron chi connectivity index (χ0n) is 10.1. The van der Waals surface area contributed by atoms with Gasteiger partial charge in [0.05, 0.1) is 24.3 Å². The number of benzene rings is 1. The summed E-state index contributed by atoms with van der Waals surface area (Å²) in [4.78, 5) is 4.37. The molecular formula is C14H16N2OS. The fourth-order valence-electron chi connectivity index (χ4n) is 2.33. The van der Waals surface area contributed by atoms with Crippen LogP contribution in [0.5, 0.6) is 0 Å². The van der Waals surface area contributed by atoms with Crippen LogP contribution in [0.3, 0.4) is 0 Å². The number of ether oxygens (including phenoxy) is 1. The monoisotopic (exact) mass is 260 g/mol. The molecule has 0 saturated carbocycles. The number of pyridine rings is 1. The van der Waals surface area contributed by atoms with E-state index in [9.17, 15) is 0 Å². The van der Waals surface area contributed by atoms with E-state index in [-0.39, 0.29) is 12.1 Å². The lowest BCUT2D eigenvalue weighted by molar-refractivity contribution is 0.0572. The van der Waals surface area contributed by atoms with Crippen LogP contribution in [0.15, 0.2) is 36.5 Å². The molecule has 2 atom stereocenters. The van der Waals surface area contributed by atoms with Crippen LogP contribution in [0.25, 0.3) is 10.9 Å². The highest BCUT2D eigenvalue weighted by Crippen LogP contribution is 2.28. The summed E-state index contributed by atoms with van der Waals surface area (Å²) in [6.45, 7) is 0.798. The van der Waals surface area contributed by atoms with Gasteiger partial charge in [-0.2, -0.15) is 11.8 Å². The van der Waals surface area contributed by atoms with E-state index in [4.69, 9.17) is 10.5 Å². The largest absolute Gasteiger partial charge is 0.375 e. The summed E-state index contributed by atoms with van der Waals surface area (Å²) in [5.74, 6) is 2.04. The Morgan fingerprint density at radius 3 is 3.11 bits per heavy atom. The number of nitrogens with zero attached hydrogens (tertiary/aromatic N) is 1. The molecule has 1 aromatic carbocycles. The van der Waals surface area contributed by atoms with Crippen LogP contribution in [0.4, 0.5) is 0 Å². The van der Waals surface area contributed by atoms with Gasteiger partial charge in [-0.25, -0.2) is 0 Å². The third-order valence-corrected chi connectivity index (χ3v) is 4.30. The highest BCUT2D eigenvalue weighted by molar-refractivity contribution is 7.99. The number of hydrogen-bond donors (Lipinski definition) is 1. The van der Waals surface area contributed by atoms with Gasteiger partial charge in [-0.1, -0.05) is 18.2 Å². The lowest BCUT2D eigenvalue weighted by atomic mass is 9.98. The molecule has 94 valence electrons. The molecule has 2 heterocycles. The second kappa shape index (κ2) is 5.26. The number of thioether (sulfide) groups is 1. The third-order valence-electron chi connectivity index (χ3n) is 3.28. The Kier molecular flexibility index (Phi) is 3.50. The van der Waals surface area contributed by atoms with E-state index < -0.39 is 0 Å². The Morgan fingerprint density at radius 1 is 1.33 bits per heavy atom. The first-order valence-electron chi connectivity index (χ1n) is 6.15. The Hall–Kier alpha value is -1.10. The first kappa shape index (κ1) is 12.0. The van der Waals surface area contributed by atoms with Crippen LogP contribution < -0.4 is 5.73 Å². The standard InChI is InChI=1S/C14H16N2OS/c15-14(13-9-18-8-7-17-13)11-3-1-5-12-10(11)4-2-6-16-12/h1-6,13-14H,7-9,15H2. The molecule has 3 rings (SSSR count). The lowest BCUT2D eigenvalue weighted by Crippen LogP contribution is -2.34. The zero-order chi connectivity index (χ0) is 12.4. The van der Waals surface area contributed by atoms with Crippen molar-refractivity contribution in [1.82, 2.24) is 4.98 Å². The zero-order valence-corrected chi connectivity index (χ0v) is 10.9. The molecule has 0 radical (unpaired) electrons. The van der Waals surface area contributed by atoms with Gasteiger partial charge in [-0.3, -0.25) is 4.98 Å². The van der Waals surface area contributed by atoms with Crippen LogP contribution in [-0.4, -0.2) is 29.2 Å². The van der Waals surface area contributed by atoms with Gasteiger partial charge in [0, 0.05) is 23.1 Å². The van der Waals surface area contributed by atoms with Gasteiger partial charge >= 0.3 is 0 Å². The van der Waals surface area contributed by atoms with Crippen LogP contribution >= 0.6 is 11.8 Å². The molecule has 1 fully saturated rings. The van der Waals surface area contributed by atoms with Crippen molar-refractivity contribution in [3.05, 3.63) is 42.1 Å². The molecule has 2 unspecified atom stereocenters. The second-order valence-corrected chi connectivity index (χ2v) is 5.58. The normalized spacial score (nSPS) is 21.9. The van der Waals surface area contributed by atoms with Crippen molar-refractivity contribution in [3.8, 4) is 0 Å². The Morgan fingerprint density at radius 2 is 2.28 bits per heavy atom. The summed E-state index contributed by atoms with van der Waals surface area (Å²) >= 11 is 1.91. The van der Waals surface area contributed by atoms with Gasteiger partial charge in [0.1, 0.15) is 0 Å². The molecule has 1 saturated heterocycles. The molecule has 1 aliphatic rings. The topological polar surface area (TPSA) is 48.1 Å². The van der Waals surface area contributed by atoms with Crippen molar-refractivity contribution in [2.45, 2.75) is 12.1 Å². The molecule has 1 aliphatic heterocycles. The SMILES string of the molecule is NC(c1cccc2ncccc12)C1CSCCO1. The smallest absolute Gasteiger partial charge is 0.0858 e. The molecule has 0 bridgehead atoms. The minimum atomic E-state index is -0.0781. The third kappa shape index (κ3) is 2.23. The van der Waals surface area contributed by atoms with Crippen LogP contribution in [0, 0.1) is 0 Å². The quantitative estimate of drug-likeness (QED) is 0.900. The minimum absolute atomic E-state index is 0.0781. The van der Waals surface area contributed by atoms with Crippen LogP contribution in [-0.2, 0) is 4.74 Å². The van der Waals surface area contributed by atoms with Gasteiger partial charge in [0.15, 0.2) is 0 Å². The first-order valence-corrected chi connectivity index (χ1v) is 7.30. The average Bonchev–Trinajstić information content (AvgIpc) is 2.47. The maximum atomic E-state index is 6.37. The van der Waals surface area contributed by atoms with Gasteiger partial charge in [0.25, 0.3) is 0 Å². The van der Waals surface area contributed by atoms with E-state index in [1.165, 1.54) is 0 Å². The molecule has 0 amide bonds. The van der Waals surface area contributed by atoms with E-state index in [1.807, 2.05) is 36.2 Å². The summed E-state index contributed by atoms with van der Waals surface area (Å²) in [6.07, 6.45) is 1.92. The summed E-state index contributed by atoms with van der Waals surface area (Å²) in [6, 6.07) is 10.1. The van der Waals surface area contributed by atoms with E-state index in [2.05, 4.69) is 17.1 Å². The van der Waals surface area contributed by atoms with Gasteiger partial charge in [-0.15, -0.1) is 0 Å². The summed E-state index contributed by atoms with van der Waals surface area (Å²) in [5.41, 5.74) is 8.50. The molecule has 0 spiro atoms. The van der Waals surface area contributed by atoms with Crippen molar-refractivity contribution >= 4 is 22.7 Å². The van der Waals surface area contributed by atoms with E-state index >= 15 is 0 Å². The fourth-order valence-corrected chi connectivity index (χ4v) is 3.25. The van der Waals surface area contributed by atoms with Crippen molar-refractivity contribution in [2.24, 2.45) is 5.73 Å². The molecule has 2 aromatic rings. The van der Waals surface area contributed by atoms with Gasteiger partial charge in [0.2, 0.25) is 0 Å². The van der Waals surface area contributed by atoms with Gasteiger partial charge in [-0.05, 0) is 17.7 Å². The van der Waals surface area contributed by atoms with Gasteiger partial charge < -0.3 is 10.5 Å². The Labute approximate surface area is 111 Å². The molecule has 2 N–H and O–H groups in total. The maximum absolute atomic E-state index is 6.37. The molecule has 0 aliphatic carbocycles. The van der Waals surface area contributed by atoms with E-state index in [0.29, 0.717) is 0 Å². The number of fused-ring (bicyclic) bond motifs is 1. The van der Waals surface area contributed by atoms with Crippen molar-refractivity contribution < 1.29 is 4.74 Å². The van der Waals surface area contributed by atoms with E-state index in [0.717, 1.165) is 34.6 Å². The Bertz CT molecular complexity index is 535. The number of rotatable bonds is 2. The molecule has 1 aromatic heterocycles. The maximum Gasteiger partial charge on any atom is 0.0858 e. The molecule has 18 heavy (non-hydrogen) atoms. The molecule has 3 nitrogen and oxygen atoms in total. The predicted octanol–water partition coefficient (Wildman–Crippen LogP) is 2.37. The summed E-state index contributed by atoms with van der Waals surface area (Å²) in [7, 11) is 0. The predicted molar refractivity (Wildman–Crippen MR) is 75.7 cm³/mol. The van der Waals surface area contributed by atoms with Crippen molar-refractivity contribution in [3.63, 3.8) is 0 Å². The Balaban J connectivity index is 1.97. The highest BCUT2D eigenvalue weighted by Gasteiger charge is 2.24. The number of nitrogens with two attached hydrogens (primary N) is 1. The fraction of sp³-hybridized carbons (Fsp3) is 0.357. The average molecular weight is 260 g/mol. The summed E-state index contributed by atoms with van der Waals surface area (Å²) in [5, 5.41) is 1.13. The second-order valence-electron chi connectivity index (χ2n) is 4.43. The number of hydrogen-bond acceptors (Lipinski definition) is 4. The van der Waals surface area contributed by atoms with Crippen molar-refractivity contribution in [1.29, 1.82) is 0 Å².